The van der Waals surface area contributed by atoms with Gasteiger partial charge in [0.1, 0.15) is 11.6 Å². The molecule has 0 spiro atoms. The van der Waals surface area contributed by atoms with Crippen molar-refractivity contribution in [3.63, 3.8) is 0 Å². The van der Waals surface area contributed by atoms with E-state index in [1.165, 1.54) is 18.2 Å². The lowest BCUT2D eigenvalue weighted by Gasteiger charge is -2.33. The van der Waals surface area contributed by atoms with Crippen molar-refractivity contribution >= 4 is 5.91 Å². The SMILES string of the molecule is CCCc1[nH]ncc1C(=O)N1CCC[C@H](CCc2c(F)cccc2F)C1. The van der Waals surface area contributed by atoms with Crippen LogP contribution in [0.4, 0.5) is 8.78 Å². The smallest absolute Gasteiger partial charge is 0.257 e. The van der Waals surface area contributed by atoms with Crippen LogP contribution in [0.25, 0.3) is 0 Å². The van der Waals surface area contributed by atoms with Crippen molar-refractivity contribution < 1.29 is 13.6 Å². The number of aryl methyl sites for hydroxylation is 1. The number of aromatic amines is 1. The monoisotopic (exact) mass is 361 g/mol. The molecule has 1 amide bonds. The van der Waals surface area contributed by atoms with Crippen LogP contribution in [0.3, 0.4) is 0 Å². The number of nitrogens with zero attached hydrogens (tertiary/aromatic N) is 2. The molecular formula is C20H25F2N3O. The Kier molecular flexibility index (Phi) is 6.01. The molecule has 1 atom stereocenters. The number of amides is 1. The summed E-state index contributed by atoms with van der Waals surface area (Å²) in [7, 11) is 0. The summed E-state index contributed by atoms with van der Waals surface area (Å²) in [4.78, 5) is 14.7. The molecule has 0 aliphatic carbocycles. The van der Waals surface area contributed by atoms with E-state index in [2.05, 4.69) is 17.1 Å². The fourth-order valence-corrected chi connectivity index (χ4v) is 3.71. The number of halogens is 2. The van der Waals surface area contributed by atoms with Crippen molar-refractivity contribution in [2.24, 2.45) is 5.92 Å². The zero-order valence-corrected chi connectivity index (χ0v) is 15.1. The molecule has 1 N–H and O–H groups in total. The predicted molar refractivity (Wildman–Crippen MR) is 95.9 cm³/mol. The van der Waals surface area contributed by atoms with Gasteiger partial charge in [0.15, 0.2) is 0 Å². The molecule has 1 aliphatic rings. The van der Waals surface area contributed by atoms with Crippen LogP contribution in [0.2, 0.25) is 0 Å². The highest BCUT2D eigenvalue weighted by Crippen LogP contribution is 2.25. The van der Waals surface area contributed by atoms with Crippen LogP contribution >= 0.6 is 0 Å². The van der Waals surface area contributed by atoms with Gasteiger partial charge in [-0.1, -0.05) is 19.4 Å². The Hall–Kier alpha value is -2.24. The molecule has 4 nitrogen and oxygen atoms in total. The van der Waals surface area contributed by atoms with Gasteiger partial charge in [-0.25, -0.2) is 8.78 Å². The van der Waals surface area contributed by atoms with E-state index >= 15 is 0 Å². The van der Waals surface area contributed by atoms with Crippen LogP contribution in [0.1, 0.15) is 54.2 Å². The summed E-state index contributed by atoms with van der Waals surface area (Å²) in [5.41, 5.74) is 1.68. The van der Waals surface area contributed by atoms with Gasteiger partial charge in [0, 0.05) is 24.3 Å². The number of benzene rings is 1. The summed E-state index contributed by atoms with van der Waals surface area (Å²) in [6.07, 6.45) is 6.27. The third-order valence-corrected chi connectivity index (χ3v) is 5.12. The van der Waals surface area contributed by atoms with Crippen LogP contribution in [0.15, 0.2) is 24.4 Å². The van der Waals surface area contributed by atoms with Crippen LogP contribution in [0.5, 0.6) is 0 Å². The Morgan fingerprint density at radius 1 is 1.31 bits per heavy atom. The molecule has 2 heterocycles. The summed E-state index contributed by atoms with van der Waals surface area (Å²) in [6, 6.07) is 3.97. The van der Waals surface area contributed by atoms with Gasteiger partial charge in [0.05, 0.1) is 11.8 Å². The van der Waals surface area contributed by atoms with Crippen LogP contribution in [-0.2, 0) is 12.8 Å². The summed E-state index contributed by atoms with van der Waals surface area (Å²) < 4.78 is 27.6. The molecule has 0 radical (unpaired) electrons. The number of aromatic nitrogens is 2. The lowest BCUT2D eigenvalue weighted by molar-refractivity contribution is 0.0667. The van der Waals surface area contributed by atoms with E-state index in [1.807, 2.05) is 4.90 Å². The summed E-state index contributed by atoms with van der Waals surface area (Å²) in [5, 5.41) is 6.93. The van der Waals surface area contributed by atoms with E-state index in [0.29, 0.717) is 24.9 Å². The van der Waals surface area contributed by atoms with Crippen LogP contribution in [0, 0.1) is 17.6 Å². The van der Waals surface area contributed by atoms with E-state index in [1.54, 1.807) is 6.20 Å². The van der Waals surface area contributed by atoms with E-state index in [-0.39, 0.29) is 17.4 Å². The first-order chi connectivity index (χ1) is 12.6. The number of carbonyl (C=O) groups is 1. The number of hydrogen-bond donors (Lipinski definition) is 1. The Bertz CT molecular complexity index is 739. The number of H-pyrrole nitrogens is 1. The van der Waals surface area contributed by atoms with Gasteiger partial charge in [-0.3, -0.25) is 9.89 Å². The quantitative estimate of drug-likeness (QED) is 0.841. The minimum atomic E-state index is -0.489. The van der Waals surface area contributed by atoms with Crippen molar-refractivity contribution in [1.82, 2.24) is 15.1 Å². The fourth-order valence-electron chi connectivity index (χ4n) is 3.71. The average molecular weight is 361 g/mol. The molecule has 3 rings (SSSR count). The number of hydrogen-bond acceptors (Lipinski definition) is 2. The molecule has 0 saturated carbocycles. The van der Waals surface area contributed by atoms with E-state index in [4.69, 9.17) is 0 Å². The van der Waals surface area contributed by atoms with Crippen LogP contribution in [-0.4, -0.2) is 34.1 Å². The molecule has 0 bridgehead atoms. The highest BCUT2D eigenvalue weighted by atomic mass is 19.1. The first kappa shape index (κ1) is 18.5. The van der Waals surface area contributed by atoms with E-state index in [9.17, 15) is 13.6 Å². The van der Waals surface area contributed by atoms with Crippen molar-refractivity contribution in [3.05, 3.63) is 52.9 Å². The second-order valence-electron chi connectivity index (χ2n) is 7.01. The first-order valence-electron chi connectivity index (χ1n) is 9.34. The van der Waals surface area contributed by atoms with Gasteiger partial charge in [0.25, 0.3) is 5.91 Å². The predicted octanol–water partition coefficient (Wildman–Crippen LogP) is 4.13. The van der Waals surface area contributed by atoms with Crippen molar-refractivity contribution in [3.8, 4) is 0 Å². The molecule has 140 valence electrons. The van der Waals surface area contributed by atoms with Crippen molar-refractivity contribution in [2.45, 2.75) is 45.4 Å². The van der Waals surface area contributed by atoms with Gasteiger partial charge in [-0.05, 0) is 50.2 Å². The molecule has 6 heteroatoms. The van der Waals surface area contributed by atoms with Gasteiger partial charge >= 0.3 is 0 Å². The lowest BCUT2D eigenvalue weighted by atomic mass is 9.91. The Labute approximate surface area is 152 Å². The van der Waals surface area contributed by atoms with Crippen molar-refractivity contribution in [1.29, 1.82) is 0 Å². The molecule has 1 aliphatic heterocycles. The summed E-state index contributed by atoms with van der Waals surface area (Å²) >= 11 is 0. The largest absolute Gasteiger partial charge is 0.338 e. The number of nitrogens with one attached hydrogen (secondary N) is 1. The van der Waals surface area contributed by atoms with Gasteiger partial charge < -0.3 is 4.90 Å². The maximum absolute atomic E-state index is 13.8. The molecule has 2 aromatic rings. The molecule has 1 saturated heterocycles. The topological polar surface area (TPSA) is 49.0 Å². The molecule has 0 unspecified atom stereocenters. The number of piperidine rings is 1. The Balaban J connectivity index is 1.62. The fraction of sp³-hybridized carbons (Fsp3) is 0.500. The standard InChI is InChI=1S/C20H25F2N3O/c1-2-5-19-16(12-23-24-19)20(26)25-11-4-6-14(13-25)9-10-15-17(21)7-3-8-18(15)22/h3,7-8,12,14H,2,4-6,9-11,13H2,1H3,(H,23,24)/t14-/m1/s1. The lowest BCUT2D eigenvalue weighted by Crippen LogP contribution is -2.40. The summed E-state index contributed by atoms with van der Waals surface area (Å²) in [6.45, 7) is 3.42. The average Bonchev–Trinajstić information content (AvgIpc) is 3.09. The van der Waals surface area contributed by atoms with E-state index < -0.39 is 11.6 Å². The highest BCUT2D eigenvalue weighted by molar-refractivity contribution is 5.95. The highest BCUT2D eigenvalue weighted by Gasteiger charge is 2.26. The van der Waals surface area contributed by atoms with Gasteiger partial charge in [0.2, 0.25) is 0 Å². The molecule has 26 heavy (non-hydrogen) atoms. The number of rotatable bonds is 6. The zero-order chi connectivity index (χ0) is 18.5. The number of likely N-dealkylation sites (tertiary alicyclic amines) is 1. The maximum atomic E-state index is 13.8. The maximum Gasteiger partial charge on any atom is 0.257 e. The minimum absolute atomic E-state index is 0.00368. The third-order valence-electron chi connectivity index (χ3n) is 5.12. The Morgan fingerprint density at radius 3 is 2.81 bits per heavy atom. The minimum Gasteiger partial charge on any atom is -0.338 e. The second-order valence-corrected chi connectivity index (χ2v) is 7.01. The van der Waals surface area contributed by atoms with Gasteiger partial charge in [-0.2, -0.15) is 5.10 Å². The number of carbonyl (C=O) groups excluding carboxylic acids is 1. The van der Waals surface area contributed by atoms with E-state index in [0.717, 1.165) is 37.9 Å². The summed E-state index contributed by atoms with van der Waals surface area (Å²) in [5.74, 6) is -0.718. The van der Waals surface area contributed by atoms with Crippen molar-refractivity contribution in [2.75, 3.05) is 13.1 Å². The first-order valence-corrected chi connectivity index (χ1v) is 9.34. The second kappa shape index (κ2) is 8.43. The molecular weight excluding hydrogens is 336 g/mol. The van der Waals surface area contributed by atoms with Gasteiger partial charge in [-0.15, -0.1) is 0 Å². The molecule has 1 fully saturated rings. The molecule has 1 aromatic carbocycles. The molecule has 1 aromatic heterocycles. The third kappa shape index (κ3) is 4.11. The van der Waals surface area contributed by atoms with Crippen LogP contribution < -0.4 is 0 Å². The Morgan fingerprint density at radius 2 is 2.08 bits per heavy atom. The normalized spacial score (nSPS) is 17.5. The zero-order valence-electron chi connectivity index (χ0n) is 15.1.